The predicted molar refractivity (Wildman–Crippen MR) is 78.9 cm³/mol. The lowest BCUT2D eigenvalue weighted by molar-refractivity contribution is 0.0514. The number of carbonyl (C=O) groups is 1. The molecule has 2 aromatic rings. The molecule has 0 amide bonds. The van der Waals surface area contributed by atoms with Crippen molar-refractivity contribution in [2.45, 2.75) is 11.9 Å². The number of carbonyl (C=O) groups excluding carboxylic acids is 1. The van der Waals surface area contributed by atoms with Gasteiger partial charge in [-0.2, -0.15) is 0 Å². The molecule has 7 heteroatoms. The van der Waals surface area contributed by atoms with Crippen LogP contribution in [0.1, 0.15) is 17.4 Å². The molecule has 2 rings (SSSR count). The Bertz CT molecular complexity index is 672. The standard InChI is InChI=1S/C13H14N4O2S/c1-3-19-12(18)10-11(20-13(14)15-2)17-9-7-5-4-6-8(9)16-10/h4-7H,3H2,1-2H3,(H2,14,15). The molecule has 0 aliphatic heterocycles. The number of benzene rings is 1. The smallest absolute Gasteiger partial charge is 0.359 e. The van der Waals surface area contributed by atoms with Crippen molar-refractivity contribution in [1.29, 1.82) is 0 Å². The Hall–Kier alpha value is -2.15. The Morgan fingerprint density at radius 1 is 1.35 bits per heavy atom. The fraction of sp³-hybridized carbons (Fsp3) is 0.231. The van der Waals surface area contributed by atoms with Gasteiger partial charge in [0.2, 0.25) is 0 Å². The molecule has 1 aromatic heterocycles. The van der Waals surface area contributed by atoms with Gasteiger partial charge in [0.05, 0.1) is 17.6 Å². The van der Waals surface area contributed by atoms with Crippen molar-refractivity contribution in [3.8, 4) is 0 Å². The van der Waals surface area contributed by atoms with E-state index in [1.807, 2.05) is 18.2 Å². The normalized spacial score (nSPS) is 11.6. The topological polar surface area (TPSA) is 90.5 Å². The van der Waals surface area contributed by atoms with Crippen LogP contribution >= 0.6 is 11.8 Å². The second kappa shape index (κ2) is 6.33. The van der Waals surface area contributed by atoms with Gasteiger partial charge in [-0.15, -0.1) is 0 Å². The highest BCUT2D eigenvalue weighted by Gasteiger charge is 2.19. The summed E-state index contributed by atoms with van der Waals surface area (Å²) in [6.07, 6.45) is 0. The third kappa shape index (κ3) is 3.05. The minimum Gasteiger partial charge on any atom is -0.461 e. The van der Waals surface area contributed by atoms with E-state index in [9.17, 15) is 4.79 Å². The lowest BCUT2D eigenvalue weighted by Crippen LogP contribution is -2.13. The van der Waals surface area contributed by atoms with E-state index >= 15 is 0 Å². The van der Waals surface area contributed by atoms with Gasteiger partial charge >= 0.3 is 5.97 Å². The van der Waals surface area contributed by atoms with Gasteiger partial charge in [-0.05, 0) is 30.8 Å². The van der Waals surface area contributed by atoms with Gasteiger partial charge in [-0.3, -0.25) is 4.99 Å². The number of amidine groups is 1. The molecule has 2 N–H and O–H groups in total. The first kappa shape index (κ1) is 14.3. The largest absolute Gasteiger partial charge is 0.461 e. The molecule has 1 heterocycles. The van der Waals surface area contributed by atoms with Crippen LogP contribution in [0.2, 0.25) is 0 Å². The monoisotopic (exact) mass is 290 g/mol. The molecule has 0 saturated heterocycles. The first-order valence-electron chi connectivity index (χ1n) is 5.99. The minimum atomic E-state index is -0.517. The molecule has 0 radical (unpaired) electrons. The number of esters is 1. The summed E-state index contributed by atoms with van der Waals surface area (Å²) >= 11 is 1.09. The average Bonchev–Trinajstić information content (AvgIpc) is 2.46. The summed E-state index contributed by atoms with van der Waals surface area (Å²) in [6, 6.07) is 7.30. The summed E-state index contributed by atoms with van der Waals surface area (Å²) in [6.45, 7) is 2.01. The van der Waals surface area contributed by atoms with Crippen LogP contribution in [-0.4, -0.2) is 34.8 Å². The third-order valence-electron chi connectivity index (χ3n) is 2.43. The number of aromatic nitrogens is 2. The van der Waals surface area contributed by atoms with Gasteiger partial charge < -0.3 is 10.5 Å². The van der Waals surface area contributed by atoms with E-state index in [0.29, 0.717) is 21.2 Å². The molecule has 0 spiro atoms. The van der Waals surface area contributed by atoms with Crippen LogP contribution in [0.25, 0.3) is 11.0 Å². The van der Waals surface area contributed by atoms with Crippen molar-refractivity contribution in [2.24, 2.45) is 10.7 Å². The second-order valence-corrected chi connectivity index (χ2v) is 4.76. The second-order valence-electron chi connectivity index (χ2n) is 3.75. The SMILES string of the molecule is CCOC(=O)c1nc2ccccc2nc1SC(N)=NC. The lowest BCUT2D eigenvalue weighted by Gasteiger charge is -2.08. The van der Waals surface area contributed by atoms with E-state index in [-0.39, 0.29) is 12.3 Å². The highest BCUT2D eigenvalue weighted by atomic mass is 32.2. The van der Waals surface area contributed by atoms with E-state index in [2.05, 4.69) is 15.0 Å². The number of rotatable bonds is 3. The molecule has 0 aliphatic carbocycles. The van der Waals surface area contributed by atoms with Crippen LogP contribution < -0.4 is 5.73 Å². The summed E-state index contributed by atoms with van der Waals surface area (Å²) in [5, 5.41) is 0.699. The molecule has 1 aromatic carbocycles. The zero-order chi connectivity index (χ0) is 14.5. The van der Waals surface area contributed by atoms with Gasteiger partial charge in [0.15, 0.2) is 10.9 Å². The molecule has 104 valence electrons. The zero-order valence-electron chi connectivity index (χ0n) is 11.2. The molecule has 20 heavy (non-hydrogen) atoms. The first-order valence-corrected chi connectivity index (χ1v) is 6.81. The van der Waals surface area contributed by atoms with Crippen LogP contribution in [0, 0.1) is 0 Å². The molecule has 6 nitrogen and oxygen atoms in total. The Morgan fingerprint density at radius 2 is 2.00 bits per heavy atom. The van der Waals surface area contributed by atoms with E-state index in [4.69, 9.17) is 10.5 Å². The van der Waals surface area contributed by atoms with Gasteiger partial charge in [0.25, 0.3) is 0 Å². The number of thioether (sulfide) groups is 1. The van der Waals surface area contributed by atoms with Crippen LogP contribution in [0.3, 0.4) is 0 Å². The van der Waals surface area contributed by atoms with E-state index < -0.39 is 5.97 Å². The lowest BCUT2D eigenvalue weighted by atomic mass is 10.3. The fourth-order valence-corrected chi connectivity index (χ4v) is 2.19. The van der Waals surface area contributed by atoms with Crippen LogP contribution in [0.5, 0.6) is 0 Å². The molecule has 0 atom stereocenters. The van der Waals surface area contributed by atoms with Gasteiger partial charge in [0, 0.05) is 7.05 Å². The fourth-order valence-electron chi connectivity index (χ4n) is 1.53. The maximum Gasteiger partial charge on any atom is 0.359 e. The summed E-state index contributed by atoms with van der Waals surface area (Å²) in [5.41, 5.74) is 7.16. The Morgan fingerprint density at radius 3 is 2.60 bits per heavy atom. The van der Waals surface area contributed by atoms with Crippen LogP contribution in [-0.2, 0) is 4.74 Å². The number of fused-ring (bicyclic) bond motifs is 1. The van der Waals surface area contributed by atoms with Gasteiger partial charge in [-0.25, -0.2) is 14.8 Å². The van der Waals surface area contributed by atoms with Crippen LogP contribution in [0.15, 0.2) is 34.3 Å². The number of nitrogens with two attached hydrogens (primary N) is 1. The summed E-state index contributed by atoms with van der Waals surface area (Å²) in [4.78, 5) is 24.5. The molecule has 0 saturated carbocycles. The van der Waals surface area contributed by atoms with E-state index in [1.165, 1.54) is 0 Å². The summed E-state index contributed by atoms with van der Waals surface area (Å²) in [5.74, 6) is -0.517. The molecule has 0 aliphatic rings. The van der Waals surface area contributed by atoms with Crippen molar-refractivity contribution in [1.82, 2.24) is 9.97 Å². The summed E-state index contributed by atoms with van der Waals surface area (Å²) in [7, 11) is 1.57. The highest BCUT2D eigenvalue weighted by molar-refractivity contribution is 8.13. The number of ether oxygens (including phenoxy) is 1. The van der Waals surface area contributed by atoms with Crippen LogP contribution in [0.4, 0.5) is 0 Å². The number of hydrogen-bond donors (Lipinski definition) is 1. The molecule has 0 bridgehead atoms. The predicted octanol–water partition coefficient (Wildman–Crippen LogP) is 1.84. The Labute approximate surface area is 120 Å². The van der Waals surface area contributed by atoms with Crippen molar-refractivity contribution in [3.63, 3.8) is 0 Å². The molecular formula is C13H14N4O2S. The quantitative estimate of drug-likeness (QED) is 0.401. The zero-order valence-corrected chi connectivity index (χ0v) is 12.0. The van der Waals surface area contributed by atoms with Gasteiger partial charge in [0.1, 0.15) is 5.03 Å². The number of nitrogens with zero attached hydrogens (tertiary/aromatic N) is 3. The van der Waals surface area contributed by atoms with Gasteiger partial charge in [-0.1, -0.05) is 12.1 Å². The maximum atomic E-state index is 12.0. The van der Waals surface area contributed by atoms with E-state index in [1.54, 1.807) is 20.0 Å². The Kier molecular flexibility index (Phi) is 4.52. The van der Waals surface area contributed by atoms with Crippen molar-refractivity contribution >= 4 is 33.9 Å². The Balaban J connectivity index is 2.55. The van der Waals surface area contributed by atoms with Crippen molar-refractivity contribution in [2.75, 3.05) is 13.7 Å². The number of aliphatic imine (C=N–C) groups is 1. The number of para-hydroxylation sites is 2. The third-order valence-corrected chi connectivity index (χ3v) is 3.30. The molecular weight excluding hydrogens is 276 g/mol. The molecule has 0 unspecified atom stereocenters. The van der Waals surface area contributed by atoms with Crippen molar-refractivity contribution < 1.29 is 9.53 Å². The van der Waals surface area contributed by atoms with E-state index in [0.717, 1.165) is 11.8 Å². The summed E-state index contributed by atoms with van der Waals surface area (Å²) < 4.78 is 5.00. The average molecular weight is 290 g/mol. The first-order chi connectivity index (χ1) is 9.65. The minimum absolute atomic E-state index is 0.155. The maximum absolute atomic E-state index is 12.0. The van der Waals surface area contributed by atoms with Crippen molar-refractivity contribution in [3.05, 3.63) is 30.0 Å². The highest BCUT2D eigenvalue weighted by Crippen LogP contribution is 2.23. The number of hydrogen-bond acceptors (Lipinski definition) is 6. The molecule has 0 fully saturated rings.